The monoisotopic (exact) mass is 363 g/mol. The smallest absolute Gasteiger partial charge is 0.272 e. The Morgan fingerprint density at radius 2 is 1.85 bits per heavy atom. The number of H-pyrrole nitrogens is 1. The number of halogens is 1. The highest BCUT2D eigenvalue weighted by molar-refractivity contribution is 6.35. The summed E-state index contributed by atoms with van der Waals surface area (Å²) in [5.74, 6) is 0.879. The zero-order valence-electron chi connectivity index (χ0n) is 13.7. The van der Waals surface area contributed by atoms with Gasteiger partial charge in [-0.15, -0.1) is 0 Å². The molecule has 5 nitrogen and oxygen atoms in total. The number of anilines is 1. The van der Waals surface area contributed by atoms with Gasteiger partial charge < -0.3 is 5.11 Å². The van der Waals surface area contributed by atoms with Crippen molar-refractivity contribution < 1.29 is 10.1 Å². The van der Waals surface area contributed by atoms with Crippen molar-refractivity contribution in [2.75, 3.05) is 5.32 Å². The summed E-state index contributed by atoms with van der Waals surface area (Å²) in [5.41, 5.74) is 1.83. The molecule has 0 unspecified atom stereocenters. The molecule has 26 heavy (non-hydrogen) atoms. The molecule has 4 aromatic rings. The van der Waals surface area contributed by atoms with Crippen LogP contribution in [0.4, 0.5) is 5.82 Å². The molecule has 0 spiro atoms. The number of phenols is 1. The number of aromatic nitrogens is 3. The van der Waals surface area contributed by atoms with E-state index < -0.39 is 6.04 Å². The van der Waals surface area contributed by atoms with Gasteiger partial charge in [0, 0.05) is 29.4 Å². The van der Waals surface area contributed by atoms with E-state index in [1.165, 1.54) is 0 Å². The van der Waals surface area contributed by atoms with Crippen molar-refractivity contribution in [3.05, 3.63) is 89.5 Å². The summed E-state index contributed by atoms with van der Waals surface area (Å²) in [6.45, 7) is 0. The van der Waals surface area contributed by atoms with E-state index in [-0.39, 0.29) is 5.75 Å². The van der Waals surface area contributed by atoms with Crippen LogP contribution in [-0.2, 0) is 0 Å². The van der Waals surface area contributed by atoms with Gasteiger partial charge >= 0.3 is 0 Å². The van der Waals surface area contributed by atoms with Crippen LogP contribution >= 0.6 is 11.6 Å². The molecule has 1 aromatic carbocycles. The van der Waals surface area contributed by atoms with Crippen LogP contribution in [0.25, 0.3) is 10.9 Å². The molecule has 128 valence electrons. The van der Waals surface area contributed by atoms with Crippen LogP contribution in [0.2, 0.25) is 5.02 Å². The summed E-state index contributed by atoms with van der Waals surface area (Å²) in [6.07, 6.45) is 5.18. The minimum absolute atomic E-state index is 0.0871. The second-order valence-corrected chi connectivity index (χ2v) is 6.21. The lowest BCUT2D eigenvalue weighted by atomic mass is 9.99. The van der Waals surface area contributed by atoms with Gasteiger partial charge in [0.1, 0.15) is 11.3 Å². The molecule has 0 aliphatic carbocycles. The molecule has 4 rings (SSSR count). The number of aromatic amines is 1. The van der Waals surface area contributed by atoms with Crippen molar-refractivity contribution in [3.63, 3.8) is 0 Å². The second-order valence-electron chi connectivity index (χ2n) is 5.80. The molecule has 6 heteroatoms. The number of fused-ring (bicyclic) bond motifs is 1. The number of pyridine rings is 3. The Kier molecular flexibility index (Phi) is 4.37. The second kappa shape index (κ2) is 6.98. The van der Waals surface area contributed by atoms with E-state index in [0.29, 0.717) is 21.5 Å². The van der Waals surface area contributed by atoms with Crippen molar-refractivity contribution in [1.29, 1.82) is 0 Å². The van der Waals surface area contributed by atoms with Gasteiger partial charge in [-0.25, -0.2) is 4.98 Å². The predicted octanol–water partition coefficient (Wildman–Crippen LogP) is 4.00. The number of hydrogen-bond acceptors (Lipinski definition) is 4. The van der Waals surface area contributed by atoms with Gasteiger partial charge in [-0.05, 0) is 36.4 Å². The van der Waals surface area contributed by atoms with Gasteiger partial charge in [0.15, 0.2) is 6.04 Å². The number of nitrogens with zero attached hydrogens (tertiary/aromatic N) is 2. The average Bonchev–Trinajstić information content (AvgIpc) is 2.71. The van der Waals surface area contributed by atoms with Gasteiger partial charge in [0.2, 0.25) is 0 Å². The number of hydrogen-bond donors (Lipinski definition) is 2. The van der Waals surface area contributed by atoms with Crippen LogP contribution < -0.4 is 10.3 Å². The molecule has 0 aliphatic rings. The SMILES string of the molecule is Oc1c([C@H](Nc2cccc[nH+]2)c2ccccn2)cc(Cl)c2cccnc12. The minimum atomic E-state index is -0.404. The lowest BCUT2D eigenvalue weighted by molar-refractivity contribution is -0.361. The van der Waals surface area contributed by atoms with Gasteiger partial charge in [-0.2, -0.15) is 0 Å². The maximum Gasteiger partial charge on any atom is 0.272 e. The third kappa shape index (κ3) is 3.05. The first-order valence-corrected chi connectivity index (χ1v) is 8.52. The van der Waals surface area contributed by atoms with Crippen molar-refractivity contribution in [1.82, 2.24) is 9.97 Å². The van der Waals surface area contributed by atoms with Crippen molar-refractivity contribution in [2.45, 2.75) is 6.04 Å². The fourth-order valence-electron chi connectivity index (χ4n) is 2.92. The van der Waals surface area contributed by atoms with Crippen LogP contribution in [0.3, 0.4) is 0 Å². The number of phenolic OH excluding ortho intramolecular Hbond substituents is 1. The van der Waals surface area contributed by atoms with E-state index in [1.807, 2.05) is 48.7 Å². The standard InChI is InChI=1S/C20H15ClN4O/c21-15-12-14(20(26)19-13(15)6-5-11-24-19)18(16-7-1-3-9-22-16)25-17-8-2-4-10-23-17/h1-12,18,26H,(H,23,25)/p+1/t18-/m0/s1. The molecule has 0 aliphatic heterocycles. The summed E-state index contributed by atoms with van der Waals surface area (Å²) in [4.78, 5) is 11.9. The lowest BCUT2D eigenvalue weighted by Gasteiger charge is -2.17. The summed E-state index contributed by atoms with van der Waals surface area (Å²) in [7, 11) is 0. The predicted molar refractivity (Wildman–Crippen MR) is 101 cm³/mol. The Morgan fingerprint density at radius 1 is 1.00 bits per heavy atom. The molecular weight excluding hydrogens is 348 g/mol. The van der Waals surface area contributed by atoms with Gasteiger partial charge in [0.25, 0.3) is 5.82 Å². The van der Waals surface area contributed by atoms with E-state index in [2.05, 4.69) is 20.3 Å². The molecule has 1 atom stereocenters. The van der Waals surface area contributed by atoms with Crippen LogP contribution in [-0.4, -0.2) is 15.1 Å². The Balaban J connectivity index is 1.89. The number of rotatable bonds is 4. The van der Waals surface area contributed by atoms with E-state index in [0.717, 1.165) is 11.5 Å². The highest BCUT2D eigenvalue weighted by Crippen LogP contribution is 2.38. The zero-order valence-corrected chi connectivity index (χ0v) is 14.5. The van der Waals surface area contributed by atoms with Crippen molar-refractivity contribution >= 4 is 28.3 Å². The quantitative estimate of drug-likeness (QED) is 0.574. The fourth-order valence-corrected chi connectivity index (χ4v) is 3.19. The molecule has 0 bridgehead atoms. The summed E-state index contributed by atoms with van der Waals surface area (Å²) in [5, 5.41) is 15.5. The molecule has 3 N–H and O–H groups in total. The maximum absolute atomic E-state index is 10.9. The Morgan fingerprint density at radius 3 is 2.62 bits per heavy atom. The van der Waals surface area contributed by atoms with Gasteiger partial charge in [-0.1, -0.05) is 23.7 Å². The van der Waals surface area contributed by atoms with E-state index >= 15 is 0 Å². The van der Waals surface area contributed by atoms with Crippen LogP contribution in [0.15, 0.2) is 73.2 Å². The molecule has 0 fully saturated rings. The van der Waals surface area contributed by atoms with Crippen molar-refractivity contribution in [2.24, 2.45) is 0 Å². The van der Waals surface area contributed by atoms with Crippen LogP contribution in [0, 0.1) is 0 Å². The maximum atomic E-state index is 10.9. The number of benzene rings is 1. The topological polar surface area (TPSA) is 72.2 Å². The first-order valence-electron chi connectivity index (χ1n) is 8.14. The highest BCUT2D eigenvalue weighted by atomic mass is 35.5. The van der Waals surface area contributed by atoms with Crippen molar-refractivity contribution in [3.8, 4) is 5.75 Å². The molecule has 3 heterocycles. The van der Waals surface area contributed by atoms with Crippen LogP contribution in [0.1, 0.15) is 17.3 Å². The molecule has 0 saturated carbocycles. The summed E-state index contributed by atoms with van der Waals surface area (Å²) < 4.78 is 0. The first kappa shape index (κ1) is 16.3. The van der Waals surface area contributed by atoms with Gasteiger partial charge in [0.05, 0.1) is 16.9 Å². The van der Waals surface area contributed by atoms with Crippen LogP contribution in [0.5, 0.6) is 5.75 Å². The molecule has 3 aromatic heterocycles. The minimum Gasteiger partial charge on any atom is -0.505 e. The largest absolute Gasteiger partial charge is 0.505 e. The average molecular weight is 364 g/mol. The lowest BCUT2D eigenvalue weighted by Crippen LogP contribution is -2.19. The molecule has 0 amide bonds. The summed E-state index contributed by atoms with van der Waals surface area (Å²) >= 11 is 6.46. The Labute approximate surface area is 155 Å². The first-order chi connectivity index (χ1) is 12.7. The number of nitrogens with one attached hydrogen (secondary N) is 2. The molecule has 0 radical (unpaired) electrons. The van der Waals surface area contributed by atoms with E-state index in [4.69, 9.17) is 11.6 Å². The Bertz CT molecular complexity index is 1040. The van der Waals surface area contributed by atoms with E-state index in [9.17, 15) is 5.11 Å². The zero-order chi connectivity index (χ0) is 17.9. The van der Waals surface area contributed by atoms with Gasteiger partial charge in [-0.3, -0.25) is 15.3 Å². The normalized spacial score (nSPS) is 12.0. The third-order valence-electron chi connectivity index (χ3n) is 4.15. The summed E-state index contributed by atoms with van der Waals surface area (Å²) in [6, 6.07) is 16.4. The Hall–Kier alpha value is -3.18. The highest BCUT2D eigenvalue weighted by Gasteiger charge is 2.26. The fraction of sp³-hybridized carbons (Fsp3) is 0.0500. The third-order valence-corrected chi connectivity index (χ3v) is 4.46. The molecule has 0 saturated heterocycles. The number of aromatic hydroxyl groups is 1. The molecular formula is C20H16ClN4O+. The van der Waals surface area contributed by atoms with E-state index in [1.54, 1.807) is 24.5 Å².